The van der Waals surface area contributed by atoms with Crippen LogP contribution in [0, 0.1) is 0 Å². The summed E-state index contributed by atoms with van der Waals surface area (Å²) in [5, 5.41) is 2.64. The summed E-state index contributed by atoms with van der Waals surface area (Å²) in [6, 6.07) is 41.9. The van der Waals surface area contributed by atoms with E-state index in [0.29, 0.717) is 0 Å². The van der Waals surface area contributed by atoms with E-state index in [1.807, 2.05) is 0 Å². The Morgan fingerprint density at radius 2 is 1.07 bits per heavy atom. The molecule has 0 unspecified atom stereocenters. The number of aromatic nitrogens is 1. The second kappa shape index (κ2) is 12.6. The van der Waals surface area contributed by atoms with Crippen molar-refractivity contribution in [3.8, 4) is 39.1 Å². The second-order valence-corrected chi connectivity index (χ2v) is 26.2. The fraction of sp³-hybridized carbons (Fsp3) is 0.286. The van der Waals surface area contributed by atoms with Crippen molar-refractivity contribution in [3.05, 3.63) is 109 Å². The van der Waals surface area contributed by atoms with E-state index in [9.17, 15) is 0 Å². The first-order valence-corrected chi connectivity index (χ1v) is 24.5. The van der Waals surface area contributed by atoms with Gasteiger partial charge in [-0.1, -0.05) is 6.07 Å². The van der Waals surface area contributed by atoms with Crippen molar-refractivity contribution < 1.29 is 0 Å². The molecule has 6 aromatic rings. The molecule has 1 aliphatic heterocycles. The van der Waals surface area contributed by atoms with Crippen molar-refractivity contribution in [1.82, 2.24) is 4.57 Å². The normalized spacial score (nSPS) is 12.3. The van der Waals surface area contributed by atoms with Crippen molar-refractivity contribution in [2.75, 3.05) is 0 Å². The van der Waals surface area contributed by atoms with E-state index in [1.54, 1.807) is 3.58 Å². The van der Waals surface area contributed by atoms with Gasteiger partial charge in [0.05, 0.1) is 0 Å². The van der Waals surface area contributed by atoms with Crippen LogP contribution in [0.5, 0.6) is 0 Å². The Balaban J connectivity index is 1.36. The van der Waals surface area contributed by atoms with Crippen molar-refractivity contribution in [2.45, 2.75) is 72.6 Å². The molecule has 44 heavy (non-hydrogen) atoms. The molecule has 2 heteroatoms. The van der Waals surface area contributed by atoms with E-state index in [1.165, 1.54) is 113 Å². The standard InChI is InChI=1S/C30H18N.3C4H9.Sn/c1-2-9-20(10-3-1)21-17-18-29-27(19-21)23-12-5-4-11-22(23)25-14-8-15-26-24-13-6-7-16-28(24)31(29)30(25)26;3*1-3-4-2;/h2-19H;3*1,3-4H2,2H3;. The number of benzene rings is 5. The molecule has 0 aliphatic carbocycles. The molecule has 5 aromatic carbocycles. The number of nitrogens with zero attached hydrogens (tertiary/aromatic N) is 1. The van der Waals surface area contributed by atoms with Crippen molar-refractivity contribution in [1.29, 1.82) is 0 Å². The first-order valence-electron chi connectivity index (χ1n) is 17.1. The summed E-state index contributed by atoms with van der Waals surface area (Å²) < 4.78 is 8.82. The van der Waals surface area contributed by atoms with Crippen LogP contribution in [0.2, 0.25) is 13.3 Å². The molecule has 7 rings (SSSR count). The van der Waals surface area contributed by atoms with Gasteiger partial charge in [-0.25, -0.2) is 0 Å². The van der Waals surface area contributed by atoms with Gasteiger partial charge < -0.3 is 0 Å². The average molecular weight is 683 g/mol. The van der Waals surface area contributed by atoms with Crippen molar-refractivity contribution in [2.24, 2.45) is 0 Å². The topological polar surface area (TPSA) is 4.93 Å². The molecule has 0 fully saturated rings. The number of unbranched alkanes of at least 4 members (excludes halogenated alkanes) is 3. The maximum atomic E-state index is 2.56. The summed E-state index contributed by atoms with van der Waals surface area (Å²) in [5.74, 6) is 0. The average Bonchev–Trinajstić information content (AvgIpc) is 3.36. The molecule has 0 saturated heterocycles. The summed E-state index contributed by atoms with van der Waals surface area (Å²) in [7, 11) is 0. The van der Waals surface area contributed by atoms with Gasteiger partial charge in [-0.15, -0.1) is 0 Å². The third kappa shape index (κ3) is 5.02. The van der Waals surface area contributed by atoms with Gasteiger partial charge in [0.25, 0.3) is 0 Å². The molecule has 0 atom stereocenters. The zero-order valence-electron chi connectivity index (χ0n) is 26.7. The van der Waals surface area contributed by atoms with Gasteiger partial charge in [0.15, 0.2) is 0 Å². The molecule has 2 heterocycles. The van der Waals surface area contributed by atoms with Gasteiger partial charge in [0, 0.05) is 0 Å². The van der Waals surface area contributed by atoms with Crippen LogP contribution in [0.4, 0.5) is 0 Å². The van der Waals surface area contributed by atoms with E-state index in [4.69, 9.17) is 0 Å². The van der Waals surface area contributed by atoms with Crippen LogP contribution in [0.3, 0.4) is 0 Å². The number of para-hydroxylation sites is 2. The zero-order valence-corrected chi connectivity index (χ0v) is 29.6. The molecule has 0 radical (unpaired) electrons. The molecule has 0 spiro atoms. The van der Waals surface area contributed by atoms with Crippen LogP contribution < -0.4 is 3.58 Å². The molecule has 0 saturated carbocycles. The third-order valence-electron chi connectivity index (χ3n) is 10.3. The molecule has 0 N–H and O–H groups in total. The van der Waals surface area contributed by atoms with Crippen molar-refractivity contribution in [3.63, 3.8) is 0 Å². The van der Waals surface area contributed by atoms with Gasteiger partial charge in [0.2, 0.25) is 0 Å². The summed E-state index contributed by atoms with van der Waals surface area (Å²) in [6.07, 6.45) is 8.16. The van der Waals surface area contributed by atoms with Crippen LogP contribution in [-0.4, -0.2) is 22.9 Å². The number of rotatable bonds is 11. The third-order valence-corrected chi connectivity index (χ3v) is 26.0. The number of hydrogen-bond acceptors (Lipinski definition) is 0. The molecule has 1 aromatic heterocycles. The summed E-state index contributed by atoms with van der Waals surface area (Å²) in [6.45, 7) is 7.11. The number of hydrogen-bond donors (Lipinski definition) is 0. The predicted molar refractivity (Wildman–Crippen MR) is 195 cm³/mol. The Hall–Kier alpha value is -3.30. The fourth-order valence-corrected chi connectivity index (χ4v) is 23.9. The number of fused-ring (bicyclic) bond motifs is 8. The van der Waals surface area contributed by atoms with Gasteiger partial charge in [-0.2, -0.15) is 0 Å². The summed E-state index contributed by atoms with van der Waals surface area (Å²) >= 11 is -2.46. The Morgan fingerprint density at radius 3 is 1.75 bits per heavy atom. The monoisotopic (exact) mass is 683 g/mol. The second-order valence-electron chi connectivity index (χ2n) is 13.0. The van der Waals surface area contributed by atoms with Crippen LogP contribution in [0.25, 0.3) is 60.9 Å². The molecule has 0 amide bonds. The first kappa shape index (κ1) is 29.4. The van der Waals surface area contributed by atoms with Crippen molar-refractivity contribution >= 4 is 43.8 Å². The Morgan fingerprint density at radius 1 is 0.500 bits per heavy atom. The molecular formula is C42H45NSn. The van der Waals surface area contributed by atoms with E-state index >= 15 is 0 Å². The van der Waals surface area contributed by atoms with E-state index < -0.39 is 18.4 Å². The molecule has 1 nitrogen and oxygen atoms in total. The van der Waals surface area contributed by atoms with E-state index in [-0.39, 0.29) is 0 Å². The predicted octanol–water partition coefficient (Wildman–Crippen LogP) is 12.2. The Kier molecular flexibility index (Phi) is 8.42. The van der Waals surface area contributed by atoms with Gasteiger partial charge in [-0.3, -0.25) is 0 Å². The van der Waals surface area contributed by atoms with E-state index in [0.717, 1.165) is 0 Å². The maximum absolute atomic E-state index is 2.56. The first-order chi connectivity index (χ1) is 21.7. The van der Waals surface area contributed by atoms with Crippen LogP contribution >= 0.6 is 0 Å². The molecule has 0 bridgehead atoms. The Labute approximate surface area is 267 Å². The van der Waals surface area contributed by atoms with Gasteiger partial charge in [-0.05, 0) is 0 Å². The SMILES string of the molecule is CCC[CH2][Sn]([CH2]CCC)([CH2]CCC)[c]1ccc(-c2ccc3c(c2)-c2ccccc2-c2cccc4c5ccccc5n-3c24)cc1. The Bertz CT molecular complexity index is 1900. The minimum atomic E-state index is -2.46. The van der Waals surface area contributed by atoms with Crippen LogP contribution in [0.1, 0.15) is 59.3 Å². The summed E-state index contributed by atoms with van der Waals surface area (Å²) in [4.78, 5) is 0. The van der Waals surface area contributed by atoms with Gasteiger partial charge >= 0.3 is 263 Å². The van der Waals surface area contributed by atoms with Gasteiger partial charge in [0.1, 0.15) is 0 Å². The minimum absolute atomic E-state index is 1.27. The molecular weight excluding hydrogens is 637 g/mol. The van der Waals surface area contributed by atoms with Crippen LogP contribution in [-0.2, 0) is 0 Å². The quantitative estimate of drug-likeness (QED) is 0.120. The summed E-state index contributed by atoms with van der Waals surface area (Å²) in [5.41, 5.74) is 11.7. The fourth-order valence-electron chi connectivity index (χ4n) is 7.94. The van der Waals surface area contributed by atoms with E-state index in [2.05, 4.69) is 135 Å². The molecule has 1 aliphatic rings. The van der Waals surface area contributed by atoms with Crippen LogP contribution in [0.15, 0.2) is 109 Å². The zero-order chi connectivity index (χ0) is 30.1. The molecule has 222 valence electrons.